The Bertz CT molecular complexity index is 1730. The smallest absolute Gasteiger partial charge is 0.271 e. The van der Waals surface area contributed by atoms with E-state index in [9.17, 15) is 19.7 Å². The monoisotopic (exact) mass is 548 g/mol. The van der Waals surface area contributed by atoms with Gasteiger partial charge in [0.1, 0.15) is 0 Å². The minimum Gasteiger partial charge on any atom is -0.271 e. The van der Waals surface area contributed by atoms with Crippen LogP contribution in [-0.2, 0) is 0 Å². The molecular formula is C35H36N2O4. The van der Waals surface area contributed by atoms with Crippen LogP contribution in [-0.4, -0.2) is 27.7 Å². The van der Waals surface area contributed by atoms with Crippen molar-refractivity contribution in [1.29, 1.82) is 0 Å². The molecule has 210 valence electrons. The maximum Gasteiger partial charge on any atom is 0.277 e. The first-order valence-electron chi connectivity index (χ1n) is 15.2. The number of carbonyl (C=O) groups is 2. The zero-order chi connectivity index (χ0) is 28.7. The zero-order valence-electron chi connectivity index (χ0n) is 23.9. The molecule has 6 rings (SSSR count). The molecule has 0 spiro atoms. The molecule has 1 aliphatic heterocycles. The minimum absolute atomic E-state index is 0.0737. The van der Waals surface area contributed by atoms with Gasteiger partial charge in [0.2, 0.25) is 0 Å². The predicted molar refractivity (Wildman–Crippen MR) is 166 cm³/mol. The molecule has 0 fully saturated rings. The Balaban J connectivity index is 1.50. The fourth-order valence-electron chi connectivity index (χ4n) is 7.00. The van der Waals surface area contributed by atoms with Crippen molar-refractivity contribution in [2.45, 2.75) is 84.1 Å². The van der Waals surface area contributed by atoms with Crippen molar-refractivity contribution >= 4 is 60.6 Å². The van der Waals surface area contributed by atoms with Crippen molar-refractivity contribution in [3.63, 3.8) is 0 Å². The molecule has 2 amide bonds. The molecule has 5 aromatic rings. The third-order valence-electron chi connectivity index (χ3n) is 9.00. The van der Waals surface area contributed by atoms with E-state index >= 15 is 0 Å². The second-order valence-electron chi connectivity index (χ2n) is 11.5. The molecular weight excluding hydrogens is 512 g/mol. The van der Waals surface area contributed by atoms with Crippen molar-refractivity contribution in [2.24, 2.45) is 0 Å². The van der Waals surface area contributed by atoms with Crippen LogP contribution < -0.4 is 0 Å². The SMILES string of the molecule is CCCCCCC(CCCCCC)N1C(=O)c2ccc3c4cccc5c([N+](=O)[O-])ccc(c6ccc(c2c36)C1=O)c54. The zero-order valence-corrected chi connectivity index (χ0v) is 23.9. The Labute approximate surface area is 239 Å². The number of amides is 2. The summed E-state index contributed by atoms with van der Waals surface area (Å²) in [5.41, 5.74) is 1.22. The predicted octanol–water partition coefficient (Wildman–Crippen LogP) is 9.55. The number of carbonyl (C=O) groups excluding carboxylic acids is 2. The largest absolute Gasteiger partial charge is 0.277 e. The Morgan fingerprint density at radius 2 is 1.15 bits per heavy atom. The first-order valence-corrected chi connectivity index (χ1v) is 15.2. The van der Waals surface area contributed by atoms with Crippen LogP contribution in [0.15, 0.2) is 54.6 Å². The maximum atomic E-state index is 14.1. The van der Waals surface area contributed by atoms with Gasteiger partial charge in [-0.25, -0.2) is 0 Å². The van der Waals surface area contributed by atoms with Gasteiger partial charge in [0.25, 0.3) is 17.5 Å². The Kier molecular flexibility index (Phi) is 7.33. The molecule has 0 atom stereocenters. The number of nitrogens with zero attached hydrogens (tertiary/aromatic N) is 2. The summed E-state index contributed by atoms with van der Waals surface area (Å²) in [6.07, 6.45) is 10.5. The second-order valence-corrected chi connectivity index (χ2v) is 11.5. The lowest BCUT2D eigenvalue weighted by atomic mass is 9.84. The lowest BCUT2D eigenvalue weighted by Gasteiger charge is -2.34. The van der Waals surface area contributed by atoms with Crippen LogP contribution in [0, 0.1) is 10.1 Å². The Hall–Kier alpha value is -4.06. The van der Waals surface area contributed by atoms with Crippen molar-refractivity contribution in [3.8, 4) is 0 Å². The van der Waals surface area contributed by atoms with Crippen molar-refractivity contribution < 1.29 is 14.5 Å². The molecule has 0 radical (unpaired) electrons. The molecule has 0 aromatic heterocycles. The topological polar surface area (TPSA) is 80.5 Å². The molecule has 6 heteroatoms. The summed E-state index contributed by atoms with van der Waals surface area (Å²) in [5, 5.41) is 18.4. The highest BCUT2D eigenvalue weighted by molar-refractivity contribution is 6.38. The van der Waals surface area contributed by atoms with Crippen molar-refractivity contribution in [3.05, 3.63) is 75.8 Å². The standard InChI is InChI=1S/C35H36N2O4/c1-3-5-7-9-12-22(13-10-8-6-4-2)36-34(38)28-18-16-25-23-14-11-15-27-30(37(40)41)21-20-24(31(23)27)26-17-19-29(35(36)39)33(28)32(25)26/h11,14-22H,3-10,12-13H2,1-2H3. The van der Waals surface area contributed by atoms with E-state index in [0.717, 1.165) is 96.5 Å². The molecule has 0 N–H and O–H groups in total. The van der Waals surface area contributed by atoms with E-state index in [-0.39, 0.29) is 28.5 Å². The summed E-state index contributed by atoms with van der Waals surface area (Å²) in [5.74, 6) is -0.398. The van der Waals surface area contributed by atoms with E-state index in [2.05, 4.69) is 13.8 Å². The van der Waals surface area contributed by atoms with Gasteiger partial charge in [-0.05, 0) is 64.0 Å². The second kappa shape index (κ2) is 11.1. The number of nitro benzene ring substituents is 1. The van der Waals surface area contributed by atoms with E-state index in [1.165, 1.54) is 0 Å². The average molecular weight is 549 g/mol. The van der Waals surface area contributed by atoms with E-state index < -0.39 is 0 Å². The molecule has 0 saturated carbocycles. The first kappa shape index (κ1) is 27.1. The number of unbranched alkanes of at least 4 members (excludes halogenated alkanes) is 6. The van der Waals surface area contributed by atoms with Crippen LogP contribution >= 0.6 is 0 Å². The van der Waals surface area contributed by atoms with E-state index in [4.69, 9.17) is 0 Å². The molecule has 0 bridgehead atoms. The Morgan fingerprint density at radius 3 is 1.71 bits per heavy atom. The molecule has 1 heterocycles. The molecule has 0 aliphatic carbocycles. The van der Waals surface area contributed by atoms with Gasteiger partial charge in [-0.15, -0.1) is 0 Å². The summed E-state index contributed by atoms with van der Waals surface area (Å²) in [7, 11) is 0. The van der Waals surface area contributed by atoms with Gasteiger partial charge < -0.3 is 0 Å². The molecule has 41 heavy (non-hydrogen) atoms. The Morgan fingerprint density at radius 1 is 0.634 bits per heavy atom. The third-order valence-corrected chi connectivity index (χ3v) is 9.00. The van der Waals surface area contributed by atoms with Crippen molar-refractivity contribution in [2.75, 3.05) is 0 Å². The number of non-ortho nitro benzene ring substituents is 1. The number of fused-ring (bicyclic) bond motifs is 2. The average Bonchev–Trinajstić information content (AvgIpc) is 2.98. The molecule has 5 aromatic carbocycles. The van der Waals surface area contributed by atoms with Crippen molar-refractivity contribution in [1.82, 2.24) is 4.90 Å². The van der Waals surface area contributed by atoms with E-state index in [0.29, 0.717) is 21.9 Å². The van der Waals surface area contributed by atoms with Gasteiger partial charge in [-0.1, -0.05) is 89.5 Å². The van der Waals surface area contributed by atoms with Gasteiger partial charge in [0.05, 0.1) is 10.3 Å². The summed E-state index contributed by atoms with van der Waals surface area (Å²) in [6, 6.07) is 16.5. The fraction of sp³-hybridized carbons (Fsp3) is 0.371. The van der Waals surface area contributed by atoms with Gasteiger partial charge in [0.15, 0.2) is 0 Å². The molecule has 0 unspecified atom stereocenters. The highest BCUT2D eigenvalue weighted by Crippen LogP contribution is 2.45. The maximum absolute atomic E-state index is 14.1. The van der Waals surface area contributed by atoms with Gasteiger partial charge in [-0.3, -0.25) is 24.6 Å². The quantitative estimate of drug-likeness (QED) is 0.0388. The van der Waals surface area contributed by atoms with Crippen LogP contribution in [0.3, 0.4) is 0 Å². The molecule has 0 saturated heterocycles. The van der Waals surface area contributed by atoms with Crippen LogP contribution in [0.25, 0.3) is 43.1 Å². The van der Waals surface area contributed by atoms with Crippen LogP contribution in [0.1, 0.15) is 98.8 Å². The summed E-state index contributed by atoms with van der Waals surface area (Å²) >= 11 is 0. The van der Waals surface area contributed by atoms with Gasteiger partial charge in [0, 0.05) is 34.0 Å². The highest BCUT2D eigenvalue weighted by atomic mass is 16.6. The van der Waals surface area contributed by atoms with Gasteiger partial charge in [-0.2, -0.15) is 0 Å². The summed E-state index contributed by atoms with van der Waals surface area (Å²) < 4.78 is 0. The van der Waals surface area contributed by atoms with E-state index in [1.807, 2.05) is 36.4 Å². The lowest BCUT2D eigenvalue weighted by molar-refractivity contribution is -0.383. The fourth-order valence-corrected chi connectivity index (χ4v) is 7.00. The molecule has 6 nitrogen and oxygen atoms in total. The minimum atomic E-state index is -0.342. The van der Waals surface area contributed by atoms with Crippen LogP contribution in [0.2, 0.25) is 0 Å². The summed E-state index contributed by atoms with van der Waals surface area (Å²) in [4.78, 5) is 41.3. The number of hydrogen-bond donors (Lipinski definition) is 0. The van der Waals surface area contributed by atoms with Crippen LogP contribution in [0.5, 0.6) is 0 Å². The van der Waals surface area contributed by atoms with Gasteiger partial charge >= 0.3 is 0 Å². The molecule has 1 aliphatic rings. The number of rotatable bonds is 12. The van der Waals surface area contributed by atoms with Crippen LogP contribution in [0.4, 0.5) is 5.69 Å². The number of hydrogen-bond acceptors (Lipinski definition) is 4. The number of imide groups is 1. The number of nitro groups is 1. The first-order chi connectivity index (χ1) is 20.0. The normalized spacial score (nSPS) is 13.6. The number of benzene rings is 5. The third kappa shape index (κ3) is 4.41. The highest BCUT2D eigenvalue weighted by Gasteiger charge is 2.38. The summed E-state index contributed by atoms with van der Waals surface area (Å²) in [6.45, 7) is 4.38. The van der Waals surface area contributed by atoms with E-state index in [1.54, 1.807) is 23.1 Å². The lowest BCUT2D eigenvalue weighted by Crippen LogP contribution is -2.47.